The Balaban J connectivity index is 1.53. The van der Waals surface area contributed by atoms with Crippen LogP contribution in [0.15, 0.2) is 0 Å². The number of hydrogen-bond acceptors (Lipinski definition) is 8. The molecule has 3 rings (SSSR count). The fraction of sp³-hybridized carbons (Fsp3) is 0.862. The number of aliphatic carboxylic acids is 3. The number of carboxylic acids is 3. The van der Waals surface area contributed by atoms with Gasteiger partial charge >= 0.3 is 17.9 Å². The van der Waals surface area contributed by atoms with Gasteiger partial charge < -0.3 is 20.6 Å². The van der Waals surface area contributed by atoms with Crippen molar-refractivity contribution in [1.29, 1.82) is 0 Å². The van der Waals surface area contributed by atoms with E-state index in [-0.39, 0.29) is 32.1 Å². The van der Waals surface area contributed by atoms with Gasteiger partial charge in [0.2, 0.25) is 5.91 Å². The first kappa shape index (κ1) is 33.2. The molecule has 0 spiro atoms. The Bertz CT molecular complexity index is 842. The summed E-state index contributed by atoms with van der Waals surface area (Å²) in [6.45, 7) is 5.80. The Morgan fingerprint density at radius 3 is 1.39 bits per heavy atom. The van der Waals surface area contributed by atoms with Crippen LogP contribution in [-0.4, -0.2) is 144 Å². The molecule has 0 aromatic rings. The van der Waals surface area contributed by atoms with E-state index in [4.69, 9.17) is 0 Å². The minimum Gasteiger partial charge on any atom is -0.480 e. The van der Waals surface area contributed by atoms with Crippen LogP contribution in [0.1, 0.15) is 51.9 Å². The van der Waals surface area contributed by atoms with Crippen LogP contribution in [0.5, 0.6) is 0 Å². The zero-order chi connectivity index (χ0) is 29.8. The molecule has 0 aromatic heterocycles. The summed E-state index contributed by atoms with van der Waals surface area (Å²) < 4.78 is 0. The van der Waals surface area contributed by atoms with Crippen LogP contribution in [0, 0.1) is 23.7 Å². The van der Waals surface area contributed by atoms with Gasteiger partial charge in [-0.2, -0.15) is 0 Å². The van der Waals surface area contributed by atoms with Crippen LogP contribution >= 0.6 is 0 Å². The van der Waals surface area contributed by atoms with Crippen molar-refractivity contribution in [1.82, 2.24) is 24.9 Å². The number of rotatable bonds is 12. The quantitative estimate of drug-likeness (QED) is 0.259. The molecule has 234 valence electrons. The number of carboxylic acid groups (broad SMARTS) is 3. The Kier molecular flexibility index (Phi) is 13.8. The van der Waals surface area contributed by atoms with Gasteiger partial charge in [0.15, 0.2) is 0 Å². The lowest BCUT2D eigenvalue weighted by molar-refractivity contribution is -0.140. The number of nitrogens with one attached hydrogen (secondary N) is 1. The highest BCUT2D eigenvalue weighted by atomic mass is 16.4. The zero-order valence-corrected chi connectivity index (χ0v) is 24.7. The highest BCUT2D eigenvalue weighted by Gasteiger charge is 2.30. The summed E-state index contributed by atoms with van der Waals surface area (Å²) in [5, 5.41) is 31.2. The molecule has 3 fully saturated rings. The number of carbonyl (C=O) groups is 4. The van der Waals surface area contributed by atoms with E-state index in [2.05, 4.69) is 12.2 Å². The van der Waals surface area contributed by atoms with Gasteiger partial charge in [0.25, 0.3) is 0 Å². The third-order valence-corrected chi connectivity index (χ3v) is 9.08. The van der Waals surface area contributed by atoms with Gasteiger partial charge in [0.05, 0.1) is 26.2 Å². The average molecular weight is 582 g/mol. The van der Waals surface area contributed by atoms with Gasteiger partial charge in [-0.15, -0.1) is 0 Å². The van der Waals surface area contributed by atoms with E-state index in [0.717, 1.165) is 24.2 Å². The minimum absolute atomic E-state index is 0.0626. The van der Waals surface area contributed by atoms with Crippen LogP contribution in [0.25, 0.3) is 0 Å². The number of hydrogen-bond donors (Lipinski definition) is 4. The predicted octanol–water partition coefficient (Wildman–Crippen LogP) is 0.821. The summed E-state index contributed by atoms with van der Waals surface area (Å²) in [7, 11) is 0. The Hall–Kier alpha value is -2.28. The van der Waals surface area contributed by atoms with E-state index in [0.29, 0.717) is 64.8 Å². The number of amides is 1. The summed E-state index contributed by atoms with van der Waals surface area (Å²) >= 11 is 0. The summed E-state index contributed by atoms with van der Waals surface area (Å²) in [6, 6.07) is 0. The molecule has 41 heavy (non-hydrogen) atoms. The zero-order valence-electron chi connectivity index (χ0n) is 24.7. The van der Waals surface area contributed by atoms with Gasteiger partial charge in [-0.05, 0) is 49.4 Å². The Morgan fingerprint density at radius 1 is 0.585 bits per heavy atom. The molecule has 1 saturated heterocycles. The molecular formula is C29H51N5O7. The normalized spacial score (nSPS) is 28.1. The minimum atomic E-state index is -0.986. The van der Waals surface area contributed by atoms with Crippen molar-refractivity contribution in [2.45, 2.75) is 51.9 Å². The maximum Gasteiger partial charge on any atom is 0.317 e. The van der Waals surface area contributed by atoms with E-state index in [1.165, 1.54) is 38.5 Å². The maximum absolute atomic E-state index is 13.0. The van der Waals surface area contributed by atoms with Crippen molar-refractivity contribution in [3.63, 3.8) is 0 Å². The molecule has 4 unspecified atom stereocenters. The van der Waals surface area contributed by atoms with Crippen LogP contribution < -0.4 is 5.32 Å². The number of carbonyl (C=O) groups excluding carboxylic acids is 1. The predicted molar refractivity (Wildman–Crippen MR) is 154 cm³/mol. The van der Waals surface area contributed by atoms with E-state index in [9.17, 15) is 34.5 Å². The van der Waals surface area contributed by atoms with Crippen molar-refractivity contribution in [3.8, 4) is 0 Å². The third kappa shape index (κ3) is 13.1. The molecule has 4 atom stereocenters. The topological polar surface area (TPSA) is 154 Å². The number of nitrogens with zero attached hydrogens (tertiary/aromatic N) is 4. The highest BCUT2D eigenvalue weighted by Crippen LogP contribution is 2.40. The van der Waals surface area contributed by atoms with Crippen LogP contribution in [0.3, 0.4) is 0 Å². The van der Waals surface area contributed by atoms with Gasteiger partial charge in [0, 0.05) is 58.9 Å². The van der Waals surface area contributed by atoms with Gasteiger partial charge in [0.1, 0.15) is 0 Å². The summed E-state index contributed by atoms with van der Waals surface area (Å²) in [6.07, 6.45) is 9.01. The fourth-order valence-corrected chi connectivity index (χ4v) is 6.89. The van der Waals surface area contributed by atoms with Crippen LogP contribution in [0.4, 0.5) is 0 Å². The van der Waals surface area contributed by atoms with Gasteiger partial charge in [-0.3, -0.25) is 38.8 Å². The average Bonchev–Trinajstić information content (AvgIpc) is 3.51. The van der Waals surface area contributed by atoms with Crippen molar-refractivity contribution in [2.75, 3.05) is 85.1 Å². The molecule has 2 saturated carbocycles. The Labute approximate surface area is 244 Å². The maximum atomic E-state index is 13.0. The fourth-order valence-electron chi connectivity index (χ4n) is 6.89. The molecule has 1 aliphatic heterocycles. The Morgan fingerprint density at radius 2 is 0.976 bits per heavy atom. The molecular weight excluding hydrogens is 530 g/mol. The van der Waals surface area contributed by atoms with E-state index in [1.54, 1.807) is 14.7 Å². The molecule has 1 heterocycles. The van der Waals surface area contributed by atoms with E-state index in [1.807, 2.05) is 4.90 Å². The second kappa shape index (κ2) is 17.0. The van der Waals surface area contributed by atoms with Crippen molar-refractivity contribution in [3.05, 3.63) is 0 Å². The summed E-state index contributed by atoms with van der Waals surface area (Å²) in [5.74, 6) is 0.0502. The molecule has 12 heteroatoms. The highest BCUT2D eigenvalue weighted by molar-refractivity contribution is 5.78. The second-order valence-electron chi connectivity index (χ2n) is 12.7. The SMILES string of the molecule is CC1CCC(CC2CCC(CNC(=O)CN3CCN(CC(=O)O)CCN(CC(=O)O)CCN(CC(=O)O)CC3)C2)C1. The molecule has 4 N–H and O–H groups in total. The van der Waals surface area contributed by atoms with Crippen molar-refractivity contribution < 1.29 is 34.5 Å². The lowest BCUT2D eigenvalue weighted by Crippen LogP contribution is -2.50. The molecule has 2 aliphatic carbocycles. The first-order valence-electron chi connectivity index (χ1n) is 15.4. The molecule has 1 amide bonds. The standard InChI is InChI=1S/C29H51N5O7/c1-22-2-3-23(14-22)15-24-4-5-25(16-24)17-30-26(35)18-31-6-8-32(19-27(36)37)10-12-34(21-29(40)41)13-11-33(9-7-31)20-28(38)39/h22-25H,2-21H2,1H3,(H,30,35)(H,36,37)(H,38,39)(H,40,41). The molecule has 0 aromatic carbocycles. The first-order valence-corrected chi connectivity index (χ1v) is 15.4. The van der Waals surface area contributed by atoms with Gasteiger partial charge in [-0.25, -0.2) is 0 Å². The molecule has 3 aliphatic rings. The van der Waals surface area contributed by atoms with Crippen molar-refractivity contribution in [2.24, 2.45) is 23.7 Å². The van der Waals surface area contributed by atoms with E-state index < -0.39 is 17.9 Å². The molecule has 0 radical (unpaired) electrons. The monoisotopic (exact) mass is 581 g/mol. The molecule has 0 bridgehead atoms. The van der Waals surface area contributed by atoms with Gasteiger partial charge in [-0.1, -0.05) is 26.2 Å². The largest absolute Gasteiger partial charge is 0.480 e. The lowest BCUT2D eigenvalue weighted by atomic mass is 9.91. The lowest BCUT2D eigenvalue weighted by Gasteiger charge is -2.32. The third-order valence-electron chi connectivity index (χ3n) is 9.08. The van der Waals surface area contributed by atoms with E-state index >= 15 is 0 Å². The summed E-state index contributed by atoms with van der Waals surface area (Å²) in [4.78, 5) is 54.4. The second-order valence-corrected chi connectivity index (χ2v) is 12.7. The smallest absolute Gasteiger partial charge is 0.317 e. The first-order chi connectivity index (χ1) is 19.5. The molecule has 12 nitrogen and oxygen atoms in total. The summed E-state index contributed by atoms with van der Waals surface area (Å²) in [5.41, 5.74) is 0. The van der Waals surface area contributed by atoms with Crippen molar-refractivity contribution >= 4 is 23.8 Å². The van der Waals surface area contributed by atoms with Crippen LogP contribution in [-0.2, 0) is 19.2 Å². The van der Waals surface area contributed by atoms with Crippen LogP contribution in [0.2, 0.25) is 0 Å².